The van der Waals surface area contributed by atoms with Gasteiger partial charge in [-0.2, -0.15) is 0 Å². The van der Waals surface area contributed by atoms with Crippen molar-refractivity contribution in [2.45, 2.75) is 38.1 Å². The highest BCUT2D eigenvalue weighted by atomic mass is 19.1. The van der Waals surface area contributed by atoms with Gasteiger partial charge in [0.25, 0.3) is 0 Å². The van der Waals surface area contributed by atoms with E-state index < -0.39 is 0 Å². The van der Waals surface area contributed by atoms with Gasteiger partial charge >= 0.3 is 0 Å². The highest BCUT2D eigenvalue weighted by molar-refractivity contribution is 5.32. The van der Waals surface area contributed by atoms with Crippen LogP contribution < -0.4 is 5.32 Å². The maximum Gasteiger partial charge on any atom is 0.123 e. The van der Waals surface area contributed by atoms with Crippen molar-refractivity contribution in [2.75, 3.05) is 26.4 Å². The molecule has 1 fully saturated rings. The molecule has 0 spiro atoms. The number of benzene rings is 1. The molecule has 0 radical (unpaired) electrons. The van der Waals surface area contributed by atoms with Crippen molar-refractivity contribution in [3.05, 3.63) is 35.1 Å². The predicted octanol–water partition coefficient (Wildman–Crippen LogP) is 2.58. The lowest BCUT2D eigenvalue weighted by atomic mass is 9.82. The van der Waals surface area contributed by atoms with Gasteiger partial charge in [0.15, 0.2) is 0 Å². The molecular formula is C17H24FNO2. The van der Waals surface area contributed by atoms with Gasteiger partial charge in [0.2, 0.25) is 0 Å². The van der Waals surface area contributed by atoms with E-state index in [1.807, 2.05) is 6.07 Å². The molecule has 4 heteroatoms. The Kier molecular flexibility index (Phi) is 4.57. The van der Waals surface area contributed by atoms with Crippen molar-refractivity contribution in [3.8, 4) is 0 Å². The van der Waals surface area contributed by atoms with Crippen LogP contribution in [0.2, 0.25) is 0 Å². The van der Waals surface area contributed by atoms with E-state index in [0.29, 0.717) is 6.04 Å². The SMILES string of the molecule is OCC[C@@]1(CN[C@@H]2CCCc3cc(F)ccc32)CCOC1. The molecule has 1 aliphatic heterocycles. The number of nitrogens with one attached hydrogen (secondary N) is 1. The number of aryl methyl sites for hydroxylation is 1. The van der Waals surface area contributed by atoms with Gasteiger partial charge in [0.1, 0.15) is 5.82 Å². The van der Waals surface area contributed by atoms with Crippen molar-refractivity contribution >= 4 is 0 Å². The van der Waals surface area contributed by atoms with E-state index in [1.54, 1.807) is 12.1 Å². The highest BCUT2D eigenvalue weighted by Gasteiger charge is 2.35. The Bertz CT molecular complexity index is 486. The molecule has 0 amide bonds. The molecule has 2 aliphatic rings. The van der Waals surface area contributed by atoms with Gasteiger partial charge in [-0.25, -0.2) is 4.39 Å². The number of ether oxygens (including phenoxy) is 1. The van der Waals surface area contributed by atoms with Crippen LogP contribution in [0.25, 0.3) is 0 Å². The summed E-state index contributed by atoms with van der Waals surface area (Å²) in [6.07, 6.45) is 4.94. The van der Waals surface area contributed by atoms with Crippen LogP contribution in [0.15, 0.2) is 18.2 Å². The number of halogens is 1. The van der Waals surface area contributed by atoms with Gasteiger partial charge in [0.05, 0.1) is 6.61 Å². The first-order chi connectivity index (χ1) is 10.2. The highest BCUT2D eigenvalue weighted by Crippen LogP contribution is 2.35. The topological polar surface area (TPSA) is 41.5 Å². The van der Waals surface area contributed by atoms with Crippen molar-refractivity contribution in [1.82, 2.24) is 5.32 Å². The number of hydrogen-bond acceptors (Lipinski definition) is 3. The van der Waals surface area contributed by atoms with Crippen molar-refractivity contribution in [2.24, 2.45) is 5.41 Å². The third-order valence-electron chi connectivity index (χ3n) is 4.97. The van der Waals surface area contributed by atoms with E-state index in [2.05, 4.69) is 5.32 Å². The van der Waals surface area contributed by atoms with Crippen LogP contribution in [-0.2, 0) is 11.2 Å². The second-order valence-corrected chi connectivity index (χ2v) is 6.45. The van der Waals surface area contributed by atoms with Gasteiger partial charge < -0.3 is 15.2 Å². The van der Waals surface area contributed by atoms with Crippen LogP contribution in [-0.4, -0.2) is 31.5 Å². The minimum Gasteiger partial charge on any atom is -0.396 e. The quantitative estimate of drug-likeness (QED) is 0.877. The minimum atomic E-state index is -0.143. The molecule has 0 saturated carbocycles. The second kappa shape index (κ2) is 6.42. The Morgan fingerprint density at radius 2 is 2.33 bits per heavy atom. The number of aliphatic hydroxyl groups is 1. The summed E-state index contributed by atoms with van der Waals surface area (Å²) in [6, 6.07) is 5.45. The maximum absolute atomic E-state index is 13.3. The number of fused-ring (bicyclic) bond motifs is 1. The largest absolute Gasteiger partial charge is 0.396 e. The molecule has 0 aromatic heterocycles. The first-order valence-corrected chi connectivity index (χ1v) is 7.93. The molecule has 0 bridgehead atoms. The summed E-state index contributed by atoms with van der Waals surface area (Å²) in [4.78, 5) is 0. The monoisotopic (exact) mass is 293 g/mol. The zero-order valence-electron chi connectivity index (χ0n) is 12.4. The summed E-state index contributed by atoms with van der Waals surface area (Å²) >= 11 is 0. The summed E-state index contributed by atoms with van der Waals surface area (Å²) in [5, 5.41) is 12.9. The zero-order chi connectivity index (χ0) is 14.7. The van der Waals surface area contributed by atoms with Gasteiger partial charge in [0, 0.05) is 31.2 Å². The van der Waals surface area contributed by atoms with Crippen molar-refractivity contribution in [3.63, 3.8) is 0 Å². The molecule has 1 aromatic rings. The maximum atomic E-state index is 13.3. The number of hydrogen-bond donors (Lipinski definition) is 2. The third-order valence-corrected chi connectivity index (χ3v) is 4.97. The molecule has 1 aliphatic carbocycles. The first-order valence-electron chi connectivity index (χ1n) is 7.93. The first kappa shape index (κ1) is 14.9. The van der Waals surface area contributed by atoms with Crippen molar-refractivity contribution < 1.29 is 14.2 Å². The van der Waals surface area contributed by atoms with Crippen LogP contribution in [0.3, 0.4) is 0 Å². The van der Waals surface area contributed by atoms with E-state index in [1.165, 1.54) is 5.56 Å². The zero-order valence-corrected chi connectivity index (χ0v) is 12.4. The third kappa shape index (κ3) is 3.28. The summed E-state index contributed by atoms with van der Waals surface area (Å²) in [5.41, 5.74) is 2.44. The minimum absolute atomic E-state index is 0.0619. The summed E-state index contributed by atoms with van der Waals surface area (Å²) < 4.78 is 18.9. The molecule has 3 nitrogen and oxygen atoms in total. The Balaban J connectivity index is 1.69. The molecule has 0 unspecified atom stereocenters. The smallest absolute Gasteiger partial charge is 0.123 e. The fourth-order valence-corrected chi connectivity index (χ4v) is 3.65. The van der Waals surface area contributed by atoms with E-state index >= 15 is 0 Å². The van der Waals surface area contributed by atoms with Crippen LogP contribution in [0.5, 0.6) is 0 Å². The standard InChI is InChI=1S/C17H24FNO2/c18-14-4-5-15-13(10-14)2-1-3-16(15)19-11-17(6-8-20)7-9-21-12-17/h4-5,10,16,19-20H,1-3,6-9,11-12H2/t16-,17+/m1/s1. The normalized spacial score (nSPS) is 28.6. The molecule has 3 rings (SSSR count). The molecule has 2 N–H and O–H groups in total. The lowest BCUT2D eigenvalue weighted by Gasteiger charge is -2.32. The number of aliphatic hydroxyl groups excluding tert-OH is 1. The van der Waals surface area contributed by atoms with Crippen LogP contribution >= 0.6 is 0 Å². The van der Waals surface area contributed by atoms with Gasteiger partial charge in [-0.3, -0.25) is 0 Å². The lowest BCUT2D eigenvalue weighted by Crippen LogP contribution is -2.38. The summed E-state index contributed by atoms with van der Waals surface area (Å²) in [5.74, 6) is -0.143. The van der Waals surface area contributed by atoms with Gasteiger partial charge in [-0.1, -0.05) is 6.07 Å². The van der Waals surface area contributed by atoms with E-state index in [0.717, 1.165) is 57.4 Å². The fraction of sp³-hybridized carbons (Fsp3) is 0.647. The predicted molar refractivity (Wildman–Crippen MR) is 79.7 cm³/mol. The van der Waals surface area contributed by atoms with Crippen molar-refractivity contribution in [1.29, 1.82) is 0 Å². The van der Waals surface area contributed by atoms with E-state index in [4.69, 9.17) is 4.74 Å². The van der Waals surface area contributed by atoms with Crippen LogP contribution in [0.4, 0.5) is 4.39 Å². The Hall–Kier alpha value is -0.970. The molecule has 1 heterocycles. The second-order valence-electron chi connectivity index (χ2n) is 6.45. The van der Waals surface area contributed by atoms with Gasteiger partial charge in [-0.15, -0.1) is 0 Å². The average molecular weight is 293 g/mol. The fourth-order valence-electron chi connectivity index (χ4n) is 3.65. The van der Waals surface area contributed by atoms with Crippen LogP contribution in [0.1, 0.15) is 42.9 Å². The van der Waals surface area contributed by atoms with Crippen LogP contribution in [0, 0.1) is 11.2 Å². The summed E-state index contributed by atoms with van der Waals surface area (Å²) in [6.45, 7) is 2.57. The molecular weight excluding hydrogens is 269 g/mol. The molecule has 2 atom stereocenters. The lowest BCUT2D eigenvalue weighted by molar-refractivity contribution is 0.121. The summed E-state index contributed by atoms with van der Waals surface area (Å²) in [7, 11) is 0. The Labute approximate surface area is 125 Å². The van der Waals surface area contributed by atoms with E-state index in [9.17, 15) is 9.50 Å². The molecule has 21 heavy (non-hydrogen) atoms. The van der Waals surface area contributed by atoms with Gasteiger partial charge in [-0.05, 0) is 55.4 Å². The molecule has 1 saturated heterocycles. The number of rotatable bonds is 5. The molecule has 1 aromatic carbocycles. The Morgan fingerprint density at radius 3 is 3.10 bits per heavy atom. The molecule has 116 valence electrons. The Morgan fingerprint density at radius 1 is 1.43 bits per heavy atom. The van der Waals surface area contributed by atoms with E-state index in [-0.39, 0.29) is 17.8 Å². The average Bonchev–Trinajstić information content (AvgIpc) is 2.94.